The molecule has 0 aliphatic carbocycles. The van der Waals surface area contributed by atoms with Gasteiger partial charge in [-0.15, -0.1) is 0 Å². The van der Waals surface area contributed by atoms with E-state index in [0.717, 1.165) is 43.2 Å². The number of methoxy groups -OCH3 is 1. The highest BCUT2D eigenvalue weighted by Gasteiger charge is 2.34. The molecule has 2 heterocycles. The molecule has 2 aliphatic rings. The second-order valence-electron chi connectivity index (χ2n) is 4.94. The molecule has 19 heavy (non-hydrogen) atoms. The average molecular weight is 265 g/mol. The molecule has 104 valence electrons. The maximum atomic E-state index is 5.59. The minimum atomic E-state index is -0.185. The highest BCUT2D eigenvalue weighted by Crippen LogP contribution is 2.35. The molecular weight excluding hydrogens is 246 g/mol. The summed E-state index contributed by atoms with van der Waals surface area (Å²) in [6.07, 6.45) is 0.934. The van der Waals surface area contributed by atoms with Crippen molar-refractivity contribution in [1.82, 2.24) is 5.32 Å². The molecule has 5 heteroatoms. The molecule has 1 aromatic rings. The SMILES string of the molecule is COC1(CNCc2cccc3c2OCO3)CCOC1. The van der Waals surface area contributed by atoms with E-state index in [-0.39, 0.29) is 5.60 Å². The molecule has 0 aromatic heterocycles. The van der Waals surface area contributed by atoms with Crippen molar-refractivity contribution in [2.75, 3.05) is 33.7 Å². The molecule has 1 N–H and O–H groups in total. The van der Waals surface area contributed by atoms with Gasteiger partial charge in [0.25, 0.3) is 0 Å². The number of hydrogen-bond donors (Lipinski definition) is 1. The molecular formula is C14H19NO4. The van der Waals surface area contributed by atoms with E-state index in [0.29, 0.717) is 13.4 Å². The summed E-state index contributed by atoms with van der Waals surface area (Å²) in [6.45, 7) is 3.24. The normalized spacial score (nSPS) is 24.9. The predicted octanol–water partition coefficient (Wildman–Crippen LogP) is 1.31. The van der Waals surface area contributed by atoms with Crippen molar-refractivity contribution in [3.05, 3.63) is 23.8 Å². The van der Waals surface area contributed by atoms with Crippen molar-refractivity contribution < 1.29 is 18.9 Å². The highest BCUT2D eigenvalue weighted by molar-refractivity contribution is 5.48. The quantitative estimate of drug-likeness (QED) is 0.870. The molecule has 1 unspecified atom stereocenters. The van der Waals surface area contributed by atoms with Gasteiger partial charge in [0, 0.05) is 38.8 Å². The lowest BCUT2D eigenvalue weighted by Gasteiger charge is -2.26. The first-order chi connectivity index (χ1) is 9.33. The van der Waals surface area contributed by atoms with Crippen LogP contribution in [0.3, 0.4) is 0 Å². The van der Waals surface area contributed by atoms with Crippen molar-refractivity contribution in [3.63, 3.8) is 0 Å². The lowest BCUT2D eigenvalue weighted by Crippen LogP contribution is -2.42. The summed E-state index contributed by atoms with van der Waals surface area (Å²) in [6, 6.07) is 5.95. The lowest BCUT2D eigenvalue weighted by molar-refractivity contribution is -0.0159. The van der Waals surface area contributed by atoms with Crippen LogP contribution in [0.4, 0.5) is 0 Å². The fraction of sp³-hybridized carbons (Fsp3) is 0.571. The maximum absolute atomic E-state index is 5.59. The first kappa shape index (κ1) is 12.7. The van der Waals surface area contributed by atoms with Crippen LogP contribution < -0.4 is 14.8 Å². The number of benzene rings is 1. The van der Waals surface area contributed by atoms with Gasteiger partial charge in [0.05, 0.1) is 6.61 Å². The van der Waals surface area contributed by atoms with Crippen LogP contribution >= 0.6 is 0 Å². The Bertz CT molecular complexity index is 443. The van der Waals surface area contributed by atoms with Gasteiger partial charge in [-0.3, -0.25) is 0 Å². The molecule has 0 radical (unpaired) electrons. The van der Waals surface area contributed by atoms with Gasteiger partial charge in [-0.1, -0.05) is 12.1 Å². The molecule has 0 spiro atoms. The number of ether oxygens (including phenoxy) is 4. The van der Waals surface area contributed by atoms with Crippen molar-refractivity contribution in [3.8, 4) is 11.5 Å². The van der Waals surface area contributed by atoms with E-state index in [1.165, 1.54) is 0 Å². The van der Waals surface area contributed by atoms with E-state index in [9.17, 15) is 0 Å². The third-order valence-electron chi connectivity index (χ3n) is 3.74. The molecule has 5 nitrogen and oxygen atoms in total. The first-order valence-corrected chi connectivity index (χ1v) is 6.54. The third kappa shape index (κ3) is 2.54. The lowest BCUT2D eigenvalue weighted by atomic mass is 10.0. The smallest absolute Gasteiger partial charge is 0.231 e. The number of para-hydroxylation sites is 1. The van der Waals surface area contributed by atoms with Crippen LogP contribution in [0.5, 0.6) is 11.5 Å². The van der Waals surface area contributed by atoms with Crippen LogP contribution in [0.25, 0.3) is 0 Å². The topological polar surface area (TPSA) is 49.0 Å². The fourth-order valence-electron chi connectivity index (χ4n) is 2.52. The number of rotatable bonds is 5. The van der Waals surface area contributed by atoms with Crippen molar-refractivity contribution >= 4 is 0 Å². The van der Waals surface area contributed by atoms with Gasteiger partial charge in [-0.2, -0.15) is 0 Å². The van der Waals surface area contributed by atoms with Crippen LogP contribution in [0.15, 0.2) is 18.2 Å². The summed E-state index contributed by atoms with van der Waals surface area (Å²) >= 11 is 0. The Morgan fingerprint density at radius 2 is 2.32 bits per heavy atom. The Hall–Kier alpha value is -1.30. The van der Waals surface area contributed by atoms with Crippen molar-refractivity contribution in [1.29, 1.82) is 0 Å². The van der Waals surface area contributed by atoms with Crippen molar-refractivity contribution in [2.24, 2.45) is 0 Å². The van der Waals surface area contributed by atoms with Crippen molar-refractivity contribution in [2.45, 2.75) is 18.6 Å². The van der Waals surface area contributed by atoms with E-state index in [4.69, 9.17) is 18.9 Å². The Kier molecular flexibility index (Phi) is 3.59. The zero-order valence-corrected chi connectivity index (χ0v) is 11.1. The summed E-state index contributed by atoms with van der Waals surface area (Å²) in [5, 5.41) is 3.42. The zero-order chi connectivity index (χ0) is 13.1. The van der Waals surface area contributed by atoms with Crippen LogP contribution in [0.2, 0.25) is 0 Å². The summed E-state index contributed by atoms with van der Waals surface area (Å²) in [7, 11) is 1.74. The van der Waals surface area contributed by atoms with Crippen LogP contribution in [0.1, 0.15) is 12.0 Å². The van der Waals surface area contributed by atoms with Crippen LogP contribution in [0, 0.1) is 0 Å². The highest BCUT2D eigenvalue weighted by atomic mass is 16.7. The minimum absolute atomic E-state index is 0.185. The summed E-state index contributed by atoms with van der Waals surface area (Å²) < 4.78 is 21.9. The number of hydrogen-bond acceptors (Lipinski definition) is 5. The molecule has 0 amide bonds. The Balaban J connectivity index is 1.59. The van der Waals surface area contributed by atoms with Gasteiger partial charge in [0.15, 0.2) is 11.5 Å². The molecule has 1 fully saturated rings. The second-order valence-corrected chi connectivity index (χ2v) is 4.94. The van der Waals surface area contributed by atoms with Crippen LogP contribution in [-0.2, 0) is 16.0 Å². The van der Waals surface area contributed by atoms with E-state index < -0.39 is 0 Å². The third-order valence-corrected chi connectivity index (χ3v) is 3.74. The molecule has 1 aromatic carbocycles. The average Bonchev–Trinajstić information content (AvgIpc) is 3.08. The van der Waals surface area contributed by atoms with Gasteiger partial charge < -0.3 is 24.3 Å². The van der Waals surface area contributed by atoms with E-state index >= 15 is 0 Å². The van der Waals surface area contributed by atoms with E-state index in [1.807, 2.05) is 18.2 Å². The number of nitrogens with one attached hydrogen (secondary N) is 1. The summed E-state index contributed by atoms with van der Waals surface area (Å²) in [5.41, 5.74) is 0.926. The van der Waals surface area contributed by atoms with Crippen LogP contribution in [-0.4, -0.2) is 39.3 Å². The largest absolute Gasteiger partial charge is 0.454 e. The van der Waals surface area contributed by atoms with E-state index in [2.05, 4.69) is 5.32 Å². The monoisotopic (exact) mass is 265 g/mol. The molecule has 0 bridgehead atoms. The predicted molar refractivity (Wildman–Crippen MR) is 69.4 cm³/mol. The molecule has 3 rings (SSSR count). The van der Waals surface area contributed by atoms with Gasteiger partial charge in [-0.25, -0.2) is 0 Å². The van der Waals surface area contributed by atoms with Gasteiger partial charge in [0.2, 0.25) is 6.79 Å². The van der Waals surface area contributed by atoms with E-state index in [1.54, 1.807) is 7.11 Å². The minimum Gasteiger partial charge on any atom is -0.454 e. The first-order valence-electron chi connectivity index (χ1n) is 6.54. The molecule has 2 aliphatic heterocycles. The Morgan fingerprint density at radius 1 is 1.37 bits per heavy atom. The summed E-state index contributed by atoms with van der Waals surface area (Å²) in [4.78, 5) is 0. The standard InChI is InChI=1S/C14H19NO4/c1-16-14(5-6-17-9-14)8-15-7-11-3-2-4-12-13(11)19-10-18-12/h2-4,15H,5-10H2,1H3. The second kappa shape index (κ2) is 5.36. The maximum Gasteiger partial charge on any atom is 0.231 e. The fourth-order valence-corrected chi connectivity index (χ4v) is 2.52. The van der Waals surface area contributed by atoms with Gasteiger partial charge in [0.1, 0.15) is 5.60 Å². The summed E-state index contributed by atoms with van der Waals surface area (Å²) in [5.74, 6) is 1.68. The number of fused-ring (bicyclic) bond motifs is 1. The van der Waals surface area contributed by atoms with Gasteiger partial charge in [-0.05, 0) is 6.07 Å². The molecule has 1 saturated heterocycles. The zero-order valence-electron chi connectivity index (χ0n) is 11.1. The molecule has 1 atom stereocenters. The Labute approximate surface area is 112 Å². The Morgan fingerprint density at radius 3 is 3.11 bits per heavy atom. The molecule has 0 saturated carbocycles. The van der Waals surface area contributed by atoms with Gasteiger partial charge >= 0.3 is 0 Å².